The summed E-state index contributed by atoms with van der Waals surface area (Å²) in [4.78, 5) is 70.9. The molecule has 3 N–H and O–H groups in total. The molecule has 1 aromatic carbocycles. The van der Waals surface area contributed by atoms with Crippen molar-refractivity contribution in [1.29, 1.82) is 0 Å². The molecular weight excluding hydrogens is 642 g/mol. The third kappa shape index (κ3) is 11.5. The highest BCUT2D eigenvalue weighted by molar-refractivity contribution is 5.88. The number of amides is 4. The number of hydrogen-bond donors (Lipinski definition) is 3. The van der Waals surface area contributed by atoms with Gasteiger partial charge >= 0.3 is 5.97 Å². The van der Waals surface area contributed by atoms with Crippen LogP contribution >= 0.6 is 0 Å². The number of aliphatic carboxylic acids is 1. The predicted molar refractivity (Wildman–Crippen MR) is 191 cm³/mol. The van der Waals surface area contributed by atoms with Crippen molar-refractivity contribution in [2.75, 3.05) is 48.5 Å². The maximum atomic E-state index is 14.0. The fourth-order valence-electron chi connectivity index (χ4n) is 7.20. The molecule has 282 valence electrons. The number of rotatable bonds is 20. The molecule has 50 heavy (non-hydrogen) atoms. The lowest BCUT2D eigenvalue weighted by molar-refractivity contribution is -0.147. The van der Waals surface area contributed by atoms with E-state index >= 15 is 0 Å². The first-order chi connectivity index (χ1) is 23.6. The number of hydrogen-bond acceptors (Lipinski definition) is 8. The number of nitrogens with one attached hydrogen (secondary N) is 2. The molecule has 1 heterocycles. The summed E-state index contributed by atoms with van der Waals surface area (Å²) >= 11 is 0. The summed E-state index contributed by atoms with van der Waals surface area (Å²) in [5.41, 5.74) is 0.785. The Bertz CT molecular complexity index is 1250. The normalized spacial score (nSPS) is 18.9. The molecule has 1 aliphatic heterocycles. The van der Waals surface area contributed by atoms with E-state index in [1.807, 2.05) is 77.0 Å². The maximum absolute atomic E-state index is 14.0. The Morgan fingerprint density at radius 2 is 1.62 bits per heavy atom. The Labute approximate surface area is 298 Å². The first-order valence-electron chi connectivity index (χ1n) is 17.7. The van der Waals surface area contributed by atoms with E-state index in [4.69, 9.17) is 9.47 Å². The van der Waals surface area contributed by atoms with Crippen molar-refractivity contribution < 1.29 is 38.6 Å². The molecule has 0 aliphatic carbocycles. The molecule has 0 bridgehead atoms. The molecule has 2 rings (SSSR count). The monoisotopic (exact) mass is 703 g/mol. The zero-order valence-corrected chi connectivity index (χ0v) is 31.7. The summed E-state index contributed by atoms with van der Waals surface area (Å²) in [5, 5.41) is 15.3. The summed E-state index contributed by atoms with van der Waals surface area (Å²) < 4.78 is 11.7. The van der Waals surface area contributed by atoms with Crippen LogP contribution in [0.2, 0.25) is 0 Å². The Morgan fingerprint density at radius 3 is 2.14 bits per heavy atom. The summed E-state index contributed by atoms with van der Waals surface area (Å²) in [6.45, 7) is 9.90. The Balaban J connectivity index is 2.17. The highest BCUT2D eigenvalue weighted by atomic mass is 16.5. The van der Waals surface area contributed by atoms with Crippen LogP contribution in [0.1, 0.15) is 65.9 Å². The van der Waals surface area contributed by atoms with Crippen molar-refractivity contribution in [3.63, 3.8) is 0 Å². The molecule has 1 aliphatic rings. The molecule has 1 fully saturated rings. The topological polar surface area (TPSA) is 158 Å². The van der Waals surface area contributed by atoms with Gasteiger partial charge in [0.05, 0.1) is 49.2 Å². The first kappa shape index (κ1) is 42.6. The zero-order chi connectivity index (χ0) is 37.7. The van der Waals surface area contributed by atoms with Crippen LogP contribution in [0.25, 0.3) is 0 Å². The van der Waals surface area contributed by atoms with Gasteiger partial charge in [0.2, 0.25) is 23.6 Å². The van der Waals surface area contributed by atoms with Crippen molar-refractivity contribution in [3.8, 4) is 0 Å². The average molecular weight is 704 g/mol. The van der Waals surface area contributed by atoms with Gasteiger partial charge in [-0.05, 0) is 44.3 Å². The molecule has 1 aromatic rings. The van der Waals surface area contributed by atoms with Crippen LogP contribution in [0.15, 0.2) is 30.3 Å². The van der Waals surface area contributed by atoms with Gasteiger partial charge in [0, 0.05) is 34.2 Å². The number of likely N-dealkylation sites (tertiary alicyclic amines) is 1. The average Bonchev–Trinajstić information content (AvgIpc) is 3.56. The van der Waals surface area contributed by atoms with Crippen LogP contribution in [0.5, 0.6) is 0 Å². The van der Waals surface area contributed by atoms with Crippen LogP contribution in [0, 0.1) is 17.8 Å². The Morgan fingerprint density at radius 1 is 0.980 bits per heavy atom. The Kier molecular flexibility index (Phi) is 17.3. The minimum Gasteiger partial charge on any atom is -0.480 e. The fraction of sp³-hybridized carbons (Fsp3) is 0.703. The van der Waals surface area contributed by atoms with E-state index in [1.54, 1.807) is 23.8 Å². The van der Waals surface area contributed by atoms with Crippen LogP contribution in [-0.2, 0) is 39.9 Å². The molecule has 13 heteroatoms. The Hall–Kier alpha value is -3.55. The van der Waals surface area contributed by atoms with E-state index in [2.05, 4.69) is 10.6 Å². The van der Waals surface area contributed by atoms with Crippen molar-refractivity contribution in [2.24, 2.45) is 17.8 Å². The van der Waals surface area contributed by atoms with E-state index in [0.717, 1.165) is 12.0 Å². The number of benzene rings is 1. The van der Waals surface area contributed by atoms with Crippen molar-refractivity contribution in [2.45, 2.75) is 103 Å². The number of ether oxygens (including phenoxy) is 2. The molecule has 0 aromatic heterocycles. The quantitative estimate of drug-likeness (QED) is 0.186. The lowest BCUT2D eigenvalue weighted by Gasteiger charge is -2.39. The lowest BCUT2D eigenvalue weighted by Crippen LogP contribution is -2.55. The number of carboxylic acids is 1. The number of nitrogens with zero attached hydrogens (tertiary/aromatic N) is 3. The van der Waals surface area contributed by atoms with E-state index in [-0.39, 0.29) is 55.0 Å². The second-order valence-electron chi connectivity index (χ2n) is 14.1. The van der Waals surface area contributed by atoms with Crippen LogP contribution in [-0.4, -0.2) is 134 Å². The molecular formula is C37H61N5O8. The summed E-state index contributed by atoms with van der Waals surface area (Å²) in [6.07, 6.45) is 0.873. The van der Waals surface area contributed by atoms with Gasteiger partial charge in [-0.25, -0.2) is 4.79 Å². The van der Waals surface area contributed by atoms with Gasteiger partial charge in [0.1, 0.15) is 6.04 Å². The second kappa shape index (κ2) is 20.3. The van der Waals surface area contributed by atoms with Gasteiger partial charge in [0.15, 0.2) is 0 Å². The van der Waals surface area contributed by atoms with Gasteiger partial charge in [-0.2, -0.15) is 0 Å². The minimum absolute atomic E-state index is 0.00276. The number of likely N-dealkylation sites (N-methyl/N-ethyl adjacent to an activating group) is 2. The zero-order valence-electron chi connectivity index (χ0n) is 31.7. The smallest absolute Gasteiger partial charge is 0.326 e. The van der Waals surface area contributed by atoms with Crippen LogP contribution < -0.4 is 10.6 Å². The molecule has 8 atom stereocenters. The molecule has 1 saturated heterocycles. The lowest BCUT2D eigenvalue weighted by atomic mass is 9.90. The van der Waals surface area contributed by atoms with Gasteiger partial charge in [-0.15, -0.1) is 0 Å². The number of methoxy groups -OCH3 is 2. The van der Waals surface area contributed by atoms with E-state index in [1.165, 1.54) is 14.2 Å². The number of carbonyl (C=O) groups excluding carboxylic acids is 4. The molecule has 7 unspecified atom stereocenters. The highest BCUT2D eigenvalue weighted by Crippen LogP contribution is 2.29. The van der Waals surface area contributed by atoms with E-state index in [0.29, 0.717) is 19.4 Å². The fourth-order valence-corrected chi connectivity index (χ4v) is 7.20. The van der Waals surface area contributed by atoms with Crippen molar-refractivity contribution in [3.05, 3.63) is 35.9 Å². The molecule has 0 spiro atoms. The SMILES string of the molecule is CCC(C)C(C(CC(=O)N1CCC[C@H]1C(OC)C(C)C(=O)NC(Cc1ccccc1)C(=O)O)OC)N(C)C(=O)CNC(=O)C(C(C)C)N(C)C. The third-order valence-electron chi connectivity index (χ3n) is 10.1. The highest BCUT2D eigenvalue weighted by Gasteiger charge is 2.42. The van der Waals surface area contributed by atoms with Crippen LogP contribution in [0.3, 0.4) is 0 Å². The standard InChI is InChI=1S/C37H61N5O8/c1-11-24(4)33(41(8)31(44)22-38-36(46)32(23(2)3)40(6)7)29(49-9)21-30(43)42-19-15-18-28(42)34(50-10)25(5)35(45)39-27(37(47)48)20-26-16-13-12-14-17-26/h12-14,16-17,23-25,27-29,32-34H,11,15,18-22H2,1-10H3,(H,38,46)(H,39,45)(H,47,48)/t24?,25?,27?,28-,29?,32?,33?,34?/m0/s1. The first-order valence-corrected chi connectivity index (χ1v) is 17.7. The summed E-state index contributed by atoms with van der Waals surface area (Å²) in [7, 11) is 8.35. The van der Waals surface area contributed by atoms with Gasteiger partial charge in [-0.3, -0.25) is 24.1 Å². The van der Waals surface area contributed by atoms with Gasteiger partial charge in [0.25, 0.3) is 0 Å². The maximum Gasteiger partial charge on any atom is 0.326 e. The van der Waals surface area contributed by atoms with Gasteiger partial charge in [-0.1, -0.05) is 71.4 Å². The number of carbonyl (C=O) groups is 5. The van der Waals surface area contributed by atoms with E-state index < -0.39 is 48.1 Å². The minimum atomic E-state index is -1.14. The molecule has 0 radical (unpaired) electrons. The second-order valence-corrected chi connectivity index (χ2v) is 14.1. The van der Waals surface area contributed by atoms with Crippen molar-refractivity contribution >= 4 is 29.6 Å². The van der Waals surface area contributed by atoms with Crippen LogP contribution in [0.4, 0.5) is 0 Å². The molecule has 4 amide bonds. The number of carboxylic acid groups (broad SMARTS) is 1. The predicted octanol–water partition coefficient (Wildman–Crippen LogP) is 2.42. The van der Waals surface area contributed by atoms with Crippen molar-refractivity contribution in [1.82, 2.24) is 25.3 Å². The third-order valence-corrected chi connectivity index (χ3v) is 10.1. The summed E-state index contributed by atoms with van der Waals surface area (Å²) in [5.74, 6) is -3.02. The van der Waals surface area contributed by atoms with E-state index in [9.17, 15) is 29.1 Å². The van der Waals surface area contributed by atoms with Gasteiger partial charge < -0.3 is 35.0 Å². The molecule has 13 nitrogen and oxygen atoms in total. The largest absolute Gasteiger partial charge is 0.480 e. The molecule has 0 saturated carbocycles. The summed E-state index contributed by atoms with van der Waals surface area (Å²) in [6, 6.07) is 6.73.